The van der Waals surface area contributed by atoms with Crippen molar-refractivity contribution in [3.63, 3.8) is 0 Å². The number of hydrogen-bond donors (Lipinski definition) is 0. The molecule has 0 atom stereocenters. The fourth-order valence-electron chi connectivity index (χ4n) is 8.50. The molecule has 0 fully saturated rings. The van der Waals surface area contributed by atoms with Crippen LogP contribution < -0.4 is 0 Å². The van der Waals surface area contributed by atoms with Crippen molar-refractivity contribution in [3.05, 3.63) is 296 Å². The normalized spacial score (nSPS) is 8.93. The van der Waals surface area contributed by atoms with Crippen LogP contribution in [0, 0.1) is 96.9 Å². The van der Waals surface area contributed by atoms with Crippen LogP contribution in [-0.4, -0.2) is 0 Å². The molecule has 464 valence electrons. The zero-order valence-corrected chi connectivity index (χ0v) is 59.8. The second-order valence-electron chi connectivity index (χ2n) is 19.5. The van der Waals surface area contributed by atoms with E-state index in [1.807, 2.05) is 96.9 Å². The lowest BCUT2D eigenvalue weighted by atomic mass is 10.0. The lowest BCUT2D eigenvalue weighted by Gasteiger charge is -2.03. The van der Waals surface area contributed by atoms with Crippen LogP contribution in [0.1, 0.15) is 175 Å². The Morgan fingerprint density at radius 1 is 0.140 bits per heavy atom. The van der Waals surface area contributed by atoms with Crippen molar-refractivity contribution in [3.8, 4) is 0 Å². The lowest BCUT2D eigenvalue weighted by Crippen LogP contribution is -1.80. The first-order chi connectivity index (χ1) is 41.5. The highest BCUT2D eigenvalue weighted by atomic mass is 14.0. The number of fused-ring (bicyclic) bond motifs is 4. The predicted molar refractivity (Wildman–Crippen MR) is 401 cm³/mol. The topological polar surface area (TPSA) is 0 Å². The summed E-state index contributed by atoms with van der Waals surface area (Å²) in [6.45, 7) is 57.8. The number of rotatable bonds is 0. The average Bonchev–Trinajstić information content (AvgIpc) is 3.34. The Morgan fingerprint density at radius 3 is 0.733 bits per heavy atom. The second-order valence-corrected chi connectivity index (χ2v) is 19.5. The molecule has 0 spiro atoms. The summed E-state index contributed by atoms with van der Waals surface area (Å²) in [5, 5.41) is 10.9. The van der Waals surface area contributed by atoms with Gasteiger partial charge in [0, 0.05) is 0 Å². The molecule has 0 bridgehead atoms. The van der Waals surface area contributed by atoms with E-state index in [9.17, 15) is 0 Å². The Bertz CT molecular complexity index is 3220. The Balaban J connectivity index is -0.000000908. The Labute approximate surface area is 530 Å². The van der Waals surface area contributed by atoms with Crippen LogP contribution in [0.2, 0.25) is 0 Å². The van der Waals surface area contributed by atoms with E-state index in [0.29, 0.717) is 0 Å². The van der Waals surface area contributed by atoms with Crippen LogP contribution in [0.25, 0.3) is 43.1 Å². The third-order valence-corrected chi connectivity index (χ3v) is 12.9. The molecule has 0 nitrogen and oxygen atoms in total. The number of hydrogen-bond acceptors (Lipinski definition) is 0. The van der Waals surface area contributed by atoms with E-state index in [4.69, 9.17) is 0 Å². The van der Waals surface area contributed by atoms with Crippen LogP contribution in [0.5, 0.6) is 0 Å². The van der Waals surface area contributed by atoms with Crippen molar-refractivity contribution >= 4 is 43.1 Å². The minimum atomic E-state index is 1.33. The van der Waals surface area contributed by atoms with Gasteiger partial charge in [0.05, 0.1) is 0 Å². The van der Waals surface area contributed by atoms with E-state index in [-0.39, 0.29) is 0 Å². The zero-order valence-electron chi connectivity index (χ0n) is 59.8. The van der Waals surface area contributed by atoms with Gasteiger partial charge in [-0.05, 0) is 179 Å². The maximum atomic E-state index is 2.22. The molecule has 0 saturated heterocycles. The number of aryl methyl sites for hydroxylation is 14. The largest absolute Gasteiger partial charge is 0.0683 e. The maximum Gasteiger partial charge on any atom is -0.0152 e. The fraction of sp³-hybridized carbons (Fsp3) is 0.326. The average molecular weight is 1150 g/mol. The molecule has 0 unspecified atom stereocenters. The van der Waals surface area contributed by atoms with Gasteiger partial charge in [-0.2, -0.15) is 0 Å². The highest BCUT2D eigenvalue weighted by Gasteiger charge is 2.00. The molecule has 0 aliphatic heterocycles. The summed E-state index contributed by atoms with van der Waals surface area (Å²) < 4.78 is 0. The summed E-state index contributed by atoms with van der Waals surface area (Å²) >= 11 is 0. The van der Waals surface area contributed by atoms with Gasteiger partial charge in [-0.15, -0.1) is 0 Å². The van der Waals surface area contributed by atoms with E-state index < -0.39 is 0 Å². The standard InChI is InChI=1S/4C12H12.3C8H10.7C2H6/c1-9-3-5-12-8-10(2)4-6-11(12)7-9;1-9-5-3-8-12-10(2)6-4-7-11(9)12;1-9-7-10(2)12-6-4-3-5-11(12)8-9;1-9-7-8-10(2)12-6-4-3-5-11(9)12;1-7-3-5-8(2)6-4-7;1-7-4-3-5-8(2)6-7;1-7-5-3-4-6-8(7)2;7*1-2/h4*3-8H,1-2H3;3*3-6H,1-2H3;7*1-2H3. The highest BCUT2D eigenvalue weighted by molar-refractivity contribution is 5.89. The van der Waals surface area contributed by atoms with Gasteiger partial charge in [0.1, 0.15) is 0 Å². The van der Waals surface area contributed by atoms with Gasteiger partial charge in [-0.25, -0.2) is 0 Å². The van der Waals surface area contributed by atoms with Crippen LogP contribution >= 0.6 is 0 Å². The Morgan fingerprint density at radius 2 is 0.395 bits per heavy atom. The van der Waals surface area contributed by atoms with Crippen molar-refractivity contribution in [2.75, 3.05) is 0 Å². The molecule has 11 rings (SSSR count). The summed E-state index contributed by atoms with van der Waals surface area (Å²) in [4.78, 5) is 0. The molecule has 0 saturated carbocycles. The molecule has 0 amide bonds. The van der Waals surface area contributed by atoms with Gasteiger partial charge in [-0.3, -0.25) is 0 Å². The Kier molecular flexibility index (Phi) is 48.8. The van der Waals surface area contributed by atoms with Crippen LogP contribution in [-0.2, 0) is 0 Å². The van der Waals surface area contributed by atoms with Gasteiger partial charge in [0.2, 0.25) is 0 Å². The maximum absolute atomic E-state index is 2.22. The Hall–Kier alpha value is -7.54. The SMILES string of the molecule is CC.CC.CC.CC.CC.CC.CC.Cc1cc(C)c2ccccc2c1.Cc1ccc(C)c2ccccc12.Cc1ccc(C)cc1.Cc1ccc2cc(C)ccc2c1.Cc1cccc(C)c1.Cc1cccc2c(C)cccc12.Cc1ccccc1C. The van der Waals surface area contributed by atoms with Gasteiger partial charge in [0.25, 0.3) is 0 Å². The molecule has 0 heteroatoms. The third kappa shape index (κ3) is 32.1. The summed E-state index contributed by atoms with van der Waals surface area (Å²) in [6.07, 6.45) is 0. The molecular formula is C86H120. The fourth-order valence-corrected chi connectivity index (χ4v) is 8.50. The van der Waals surface area contributed by atoms with E-state index in [2.05, 4.69) is 315 Å². The van der Waals surface area contributed by atoms with E-state index >= 15 is 0 Å². The first-order valence-corrected chi connectivity index (χ1v) is 32.4. The van der Waals surface area contributed by atoms with Crippen molar-refractivity contribution in [2.45, 2.75) is 194 Å². The monoisotopic (exact) mass is 1150 g/mol. The first-order valence-electron chi connectivity index (χ1n) is 32.4. The summed E-state index contributed by atoms with van der Waals surface area (Å²) in [5.41, 5.74) is 18.9. The summed E-state index contributed by atoms with van der Waals surface area (Å²) in [5.74, 6) is 0. The highest BCUT2D eigenvalue weighted by Crippen LogP contribution is 2.23. The lowest BCUT2D eigenvalue weighted by molar-refractivity contribution is 1.34. The van der Waals surface area contributed by atoms with Crippen LogP contribution in [0.3, 0.4) is 0 Å². The minimum absolute atomic E-state index is 1.33. The third-order valence-electron chi connectivity index (χ3n) is 12.9. The second kappa shape index (κ2) is 50.8. The number of benzene rings is 11. The van der Waals surface area contributed by atoms with E-state index in [1.165, 1.54) is 121 Å². The van der Waals surface area contributed by atoms with Crippen LogP contribution in [0.15, 0.2) is 218 Å². The molecule has 0 heterocycles. The van der Waals surface area contributed by atoms with Gasteiger partial charge < -0.3 is 0 Å². The minimum Gasteiger partial charge on any atom is -0.0683 e. The molecule has 0 aliphatic rings. The molecule has 0 N–H and O–H groups in total. The zero-order chi connectivity index (χ0) is 66.2. The van der Waals surface area contributed by atoms with Gasteiger partial charge >= 0.3 is 0 Å². The molecule has 11 aromatic carbocycles. The molecule has 0 aromatic heterocycles. The molecule has 0 radical (unpaired) electrons. The predicted octanol–water partition coefficient (Wildman–Crippen LogP) is 27.9. The van der Waals surface area contributed by atoms with Gasteiger partial charge in [0.15, 0.2) is 0 Å². The van der Waals surface area contributed by atoms with Crippen molar-refractivity contribution in [1.82, 2.24) is 0 Å². The summed E-state index contributed by atoms with van der Waals surface area (Å²) in [6, 6.07) is 77.1. The first kappa shape index (κ1) is 82.7. The van der Waals surface area contributed by atoms with Crippen molar-refractivity contribution in [1.29, 1.82) is 0 Å². The quantitative estimate of drug-likeness (QED) is 0.142. The van der Waals surface area contributed by atoms with Gasteiger partial charge in [-0.1, -0.05) is 354 Å². The molecular weight excluding hydrogens is 1030 g/mol. The van der Waals surface area contributed by atoms with E-state index in [1.54, 1.807) is 0 Å². The molecule has 86 heavy (non-hydrogen) atoms. The molecule has 0 aliphatic carbocycles. The summed E-state index contributed by atoms with van der Waals surface area (Å²) in [7, 11) is 0. The van der Waals surface area contributed by atoms with Crippen molar-refractivity contribution < 1.29 is 0 Å². The smallest absolute Gasteiger partial charge is 0.0152 e. The molecule has 11 aromatic rings. The van der Waals surface area contributed by atoms with Crippen molar-refractivity contribution in [2.24, 2.45) is 0 Å². The van der Waals surface area contributed by atoms with Crippen LogP contribution in [0.4, 0.5) is 0 Å². The van der Waals surface area contributed by atoms with E-state index in [0.717, 1.165) is 0 Å².